The first-order chi connectivity index (χ1) is 14.0. The number of fused-ring (bicyclic) bond motifs is 2. The molecule has 0 aliphatic heterocycles. The first-order valence-corrected chi connectivity index (χ1v) is 9.86. The predicted octanol–water partition coefficient (Wildman–Crippen LogP) is 2.00. The van der Waals surface area contributed by atoms with E-state index in [-0.39, 0.29) is 16.6 Å². The molecule has 0 fully saturated rings. The first kappa shape index (κ1) is 20.7. The molecule has 3 aromatic heterocycles. The zero-order chi connectivity index (χ0) is 21.0. The summed E-state index contributed by atoms with van der Waals surface area (Å²) in [6, 6.07) is 5.18. The summed E-state index contributed by atoms with van der Waals surface area (Å²) in [5.41, 5.74) is 1.88. The number of aryl methyl sites for hydroxylation is 2. The summed E-state index contributed by atoms with van der Waals surface area (Å²) in [6.45, 7) is 5.23. The summed E-state index contributed by atoms with van der Waals surface area (Å²) in [7, 11) is 1.56. The van der Waals surface area contributed by atoms with E-state index in [0.717, 1.165) is 24.8 Å². The number of methoxy groups -OCH3 is 1. The number of ether oxygens (including phenoxy) is 1. The molecule has 8 heteroatoms. The molecule has 29 heavy (non-hydrogen) atoms. The van der Waals surface area contributed by atoms with Crippen molar-refractivity contribution in [2.45, 2.75) is 39.7 Å². The number of pyridine rings is 2. The minimum atomic E-state index is -0.396. The Balaban J connectivity index is 2.24. The van der Waals surface area contributed by atoms with Gasteiger partial charge in [0.1, 0.15) is 16.8 Å². The van der Waals surface area contributed by atoms with Gasteiger partial charge in [-0.05, 0) is 31.0 Å². The minimum absolute atomic E-state index is 0.0619. The van der Waals surface area contributed by atoms with Crippen LogP contribution in [0.1, 0.15) is 42.1 Å². The molecule has 0 atom stereocenters. The van der Waals surface area contributed by atoms with E-state index in [4.69, 9.17) is 10.1 Å². The van der Waals surface area contributed by atoms with E-state index in [1.807, 2.05) is 13.0 Å². The normalized spacial score (nSPS) is 11.3. The molecular formula is C21H27N5O3. The van der Waals surface area contributed by atoms with Crippen LogP contribution in [-0.2, 0) is 11.3 Å². The molecule has 0 aromatic carbocycles. The number of carbonyl (C=O) groups is 1. The van der Waals surface area contributed by atoms with Crippen molar-refractivity contribution >= 4 is 22.6 Å². The maximum atomic E-state index is 13.2. The number of nitrogens with zero attached hydrogens (tertiary/aromatic N) is 3. The Hall–Kier alpha value is -3.00. The van der Waals surface area contributed by atoms with Crippen molar-refractivity contribution in [2.24, 2.45) is 0 Å². The summed E-state index contributed by atoms with van der Waals surface area (Å²) in [5, 5.41) is 11.7. The van der Waals surface area contributed by atoms with E-state index in [9.17, 15) is 9.59 Å². The first-order valence-electron chi connectivity index (χ1n) is 9.86. The molecule has 0 spiro atoms. The van der Waals surface area contributed by atoms with Crippen LogP contribution >= 0.6 is 0 Å². The largest absolute Gasteiger partial charge is 0.383 e. The average molecular weight is 397 g/mol. The Labute approximate surface area is 168 Å². The van der Waals surface area contributed by atoms with Crippen LogP contribution in [-0.4, -0.2) is 40.1 Å². The van der Waals surface area contributed by atoms with Gasteiger partial charge in [-0.15, -0.1) is 0 Å². The summed E-state index contributed by atoms with van der Waals surface area (Å²) in [6.07, 6.45) is 4.59. The smallest absolute Gasteiger partial charge is 0.267 e. The van der Waals surface area contributed by atoms with E-state index < -0.39 is 5.91 Å². The fraction of sp³-hybridized carbons (Fsp3) is 0.429. The number of rotatable bonds is 8. The highest BCUT2D eigenvalue weighted by molar-refractivity contribution is 5.96. The third-order valence-electron chi connectivity index (χ3n) is 4.88. The van der Waals surface area contributed by atoms with Crippen molar-refractivity contribution in [3.8, 4) is 0 Å². The lowest BCUT2D eigenvalue weighted by atomic mass is 10.1. The predicted molar refractivity (Wildman–Crippen MR) is 111 cm³/mol. The van der Waals surface area contributed by atoms with E-state index in [0.29, 0.717) is 36.4 Å². The van der Waals surface area contributed by atoms with Crippen molar-refractivity contribution in [3.63, 3.8) is 0 Å². The maximum Gasteiger partial charge on any atom is 0.267 e. The molecule has 0 aliphatic carbocycles. The molecule has 3 aromatic rings. The van der Waals surface area contributed by atoms with Gasteiger partial charge in [0.2, 0.25) is 0 Å². The highest BCUT2D eigenvalue weighted by Gasteiger charge is 2.17. The van der Waals surface area contributed by atoms with Crippen molar-refractivity contribution in [2.75, 3.05) is 20.3 Å². The Morgan fingerprint density at radius 3 is 2.83 bits per heavy atom. The number of hydrogen-bond donors (Lipinski definition) is 2. The third-order valence-corrected chi connectivity index (χ3v) is 4.88. The number of carbonyl (C=O) groups excluding carboxylic acids is 1. The fourth-order valence-electron chi connectivity index (χ4n) is 3.32. The minimum Gasteiger partial charge on any atom is -0.383 e. The molecule has 3 rings (SSSR count). The lowest BCUT2D eigenvalue weighted by molar-refractivity contribution is 0.0934. The van der Waals surface area contributed by atoms with Crippen LogP contribution in [0.15, 0.2) is 29.2 Å². The second-order valence-corrected chi connectivity index (χ2v) is 7.10. The van der Waals surface area contributed by atoms with Gasteiger partial charge in [0.05, 0.1) is 17.6 Å². The Morgan fingerprint density at radius 2 is 2.10 bits per heavy atom. The average Bonchev–Trinajstić information content (AvgIpc) is 2.70. The molecular weight excluding hydrogens is 370 g/mol. The lowest BCUT2D eigenvalue weighted by Crippen LogP contribution is -2.36. The fourth-order valence-corrected chi connectivity index (χ4v) is 3.32. The number of aromatic nitrogens is 3. The van der Waals surface area contributed by atoms with Crippen LogP contribution in [0.25, 0.3) is 16.7 Å². The van der Waals surface area contributed by atoms with Crippen molar-refractivity contribution in [1.82, 2.24) is 19.3 Å². The van der Waals surface area contributed by atoms with E-state index >= 15 is 0 Å². The van der Waals surface area contributed by atoms with Crippen LogP contribution in [0.3, 0.4) is 0 Å². The molecule has 2 N–H and O–H groups in total. The molecule has 1 amide bonds. The SMILES string of the molecule is CCCCCn1c(=N)c(C(=O)NCCOC)cc2c(=O)n3cc(C)ccc3nc21. The zero-order valence-corrected chi connectivity index (χ0v) is 17.1. The van der Waals surface area contributed by atoms with Crippen LogP contribution in [0.4, 0.5) is 0 Å². The lowest BCUT2D eigenvalue weighted by Gasteiger charge is -2.15. The van der Waals surface area contributed by atoms with Gasteiger partial charge in [0.15, 0.2) is 0 Å². The molecule has 0 bridgehead atoms. The van der Waals surface area contributed by atoms with E-state index in [2.05, 4.69) is 17.2 Å². The van der Waals surface area contributed by atoms with Gasteiger partial charge in [-0.3, -0.25) is 19.4 Å². The molecule has 8 nitrogen and oxygen atoms in total. The van der Waals surface area contributed by atoms with Crippen molar-refractivity contribution in [3.05, 3.63) is 51.4 Å². The van der Waals surface area contributed by atoms with E-state index in [1.165, 1.54) is 10.5 Å². The molecule has 0 unspecified atom stereocenters. The van der Waals surface area contributed by atoms with Gasteiger partial charge >= 0.3 is 0 Å². The number of hydrogen-bond acceptors (Lipinski definition) is 5. The Morgan fingerprint density at radius 1 is 1.31 bits per heavy atom. The summed E-state index contributed by atoms with van der Waals surface area (Å²) < 4.78 is 8.13. The van der Waals surface area contributed by atoms with Gasteiger partial charge in [-0.2, -0.15) is 0 Å². The standard InChI is InChI=1S/C21H27N5O3/c1-4-5-6-10-25-18(22)15(20(27)23-9-11-29-3)12-16-19(25)24-17-8-7-14(2)13-26(17)21(16)28/h7-8,12-13,22H,4-6,9-11H2,1-3H3,(H,23,27). The Kier molecular flexibility index (Phi) is 6.43. The summed E-state index contributed by atoms with van der Waals surface area (Å²) >= 11 is 0. The molecule has 0 aliphatic rings. The van der Waals surface area contributed by atoms with Crippen LogP contribution < -0.4 is 16.4 Å². The van der Waals surface area contributed by atoms with Crippen molar-refractivity contribution in [1.29, 1.82) is 5.41 Å². The summed E-state index contributed by atoms with van der Waals surface area (Å²) in [4.78, 5) is 30.5. The third kappa shape index (κ3) is 4.22. The topological polar surface area (TPSA) is 101 Å². The monoisotopic (exact) mass is 397 g/mol. The van der Waals surface area contributed by atoms with E-state index in [1.54, 1.807) is 23.9 Å². The second-order valence-electron chi connectivity index (χ2n) is 7.10. The highest BCUT2D eigenvalue weighted by Crippen LogP contribution is 2.12. The molecule has 3 heterocycles. The quantitative estimate of drug-likeness (QED) is 0.448. The van der Waals surface area contributed by atoms with Gasteiger partial charge in [0.25, 0.3) is 11.5 Å². The van der Waals surface area contributed by atoms with Gasteiger partial charge in [0, 0.05) is 26.4 Å². The zero-order valence-electron chi connectivity index (χ0n) is 17.1. The molecule has 0 radical (unpaired) electrons. The Bertz CT molecular complexity index is 1160. The van der Waals surface area contributed by atoms with Crippen molar-refractivity contribution < 1.29 is 9.53 Å². The van der Waals surface area contributed by atoms with Gasteiger partial charge in [-0.25, -0.2) is 4.98 Å². The number of amides is 1. The maximum absolute atomic E-state index is 13.2. The van der Waals surface area contributed by atoms with Gasteiger partial charge < -0.3 is 14.6 Å². The van der Waals surface area contributed by atoms with Gasteiger partial charge in [-0.1, -0.05) is 25.8 Å². The van der Waals surface area contributed by atoms with Crippen LogP contribution in [0.5, 0.6) is 0 Å². The summed E-state index contributed by atoms with van der Waals surface area (Å²) in [5.74, 6) is -0.396. The molecule has 0 saturated heterocycles. The second kappa shape index (κ2) is 9.00. The number of unbranched alkanes of at least 4 members (excludes halogenated alkanes) is 2. The van der Waals surface area contributed by atoms with Crippen LogP contribution in [0, 0.1) is 12.3 Å². The number of nitrogens with one attached hydrogen (secondary N) is 2. The molecule has 154 valence electrons. The molecule has 0 saturated carbocycles. The van der Waals surface area contributed by atoms with Crippen LogP contribution in [0.2, 0.25) is 0 Å². The highest BCUT2D eigenvalue weighted by atomic mass is 16.5.